The summed E-state index contributed by atoms with van der Waals surface area (Å²) in [6.07, 6.45) is 0. The van der Waals surface area contributed by atoms with E-state index in [2.05, 4.69) is 5.32 Å². The molecular weight excluding hydrogens is 295 g/mol. The Morgan fingerprint density at radius 2 is 1.68 bits per heavy atom. The number of nitrogens with one attached hydrogen (secondary N) is 1. The van der Waals surface area contributed by atoms with E-state index in [0.717, 1.165) is 0 Å². The van der Waals surface area contributed by atoms with E-state index >= 15 is 0 Å². The van der Waals surface area contributed by atoms with Crippen molar-refractivity contribution in [2.75, 3.05) is 6.54 Å². The Balaban J connectivity index is 2.14. The van der Waals surface area contributed by atoms with Crippen LogP contribution in [0.3, 0.4) is 0 Å². The van der Waals surface area contributed by atoms with Crippen LogP contribution in [0.25, 0.3) is 0 Å². The highest BCUT2D eigenvalue weighted by molar-refractivity contribution is 5.94. The van der Waals surface area contributed by atoms with E-state index in [1.807, 2.05) is 0 Å². The van der Waals surface area contributed by atoms with Crippen LogP contribution in [-0.2, 0) is 5.60 Å². The molecule has 22 heavy (non-hydrogen) atoms. The zero-order chi connectivity index (χ0) is 16.3. The number of carbonyl (C=O) groups excluding carboxylic acids is 1. The molecule has 116 valence electrons. The van der Waals surface area contributed by atoms with Gasteiger partial charge in [-0.15, -0.1) is 0 Å². The van der Waals surface area contributed by atoms with Crippen molar-refractivity contribution < 1.29 is 23.1 Å². The molecule has 0 aliphatic heterocycles. The van der Waals surface area contributed by atoms with Crippen LogP contribution in [0.1, 0.15) is 22.8 Å². The summed E-state index contributed by atoms with van der Waals surface area (Å²) in [7, 11) is 0. The quantitative estimate of drug-likeness (QED) is 0.912. The lowest BCUT2D eigenvalue weighted by Crippen LogP contribution is -2.39. The SMILES string of the molecule is CC(O)(CNC(=O)c1c(F)cc(F)cc1F)c1ccccc1. The topological polar surface area (TPSA) is 49.3 Å². The van der Waals surface area contributed by atoms with Gasteiger partial charge in [0.1, 0.15) is 28.6 Å². The predicted octanol–water partition coefficient (Wildman–Crippen LogP) is 2.74. The van der Waals surface area contributed by atoms with Gasteiger partial charge in [-0.2, -0.15) is 0 Å². The summed E-state index contributed by atoms with van der Waals surface area (Å²) < 4.78 is 39.8. The number of hydrogen-bond acceptors (Lipinski definition) is 2. The molecule has 0 aromatic heterocycles. The van der Waals surface area contributed by atoms with Gasteiger partial charge in [-0.1, -0.05) is 30.3 Å². The first-order valence-electron chi connectivity index (χ1n) is 6.52. The molecule has 0 radical (unpaired) electrons. The first kappa shape index (κ1) is 16.0. The van der Waals surface area contributed by atoms with E-state index in [4.69, 9.17) is 0 Å². The molecule has 0 bridgehead atoms. The number of benzene rings is 2. The fourth-order valence-electron chi connectivity index (χ4n) is 2.00. The van der Waals surface area contributed by atoms with E-state index in [0.29, 0.717) is 17.7 Å². The van der Waals surface area contributed by atoms with Crippen LogP contribution >= 0.6 is 0 Å². The zero-order valence-corrected chi connectivity index (χ0v) is 11.7. The Morgan fingerprint density at radius 3 is 2.23 bits per heavy atom. The van der Waals surface area contributed by atoms with Crippen LogP contribution in [0, 0.1) is 17.5 Å². The minimum absolute atomic E-state index is 0.258. The number of amides is 1. The Labute approximate surface area is 125 Å². The molecule has 0 aliphatic rings. The number of carbonyl (C=O) groups is 1. The number of hydrogen-bond donors (Lipinski definition) is 2. The third kappa shape index (κ3) is 3.46. The highest BCUT2D eigenvalue weighted by Crippen LogP contribution is 2.20. The molecule has 2 aromatic rings. The molecule has 0 saturated heterocycles. The molecule has 6 heteroatoms. The largest absolute Gasteiger partial charge is 0.384 e. The van der Waals surface area contributed by atoms with E-state index in [-0.39, 0.29) is 6.54 Å². The van der Waals surface area contributed by atoms with Gasteiger partial charge in [0, 0.05) is 12.1 Å². The van der Waals surface area contributed by atoms with Crippen molar-refractivity contribution in [2.24, 2.45) is 0 Å². The summed E-state index contributed by atoms with van der Waals surface area (Å²) in [4.78, 5) is 11.9. The summed E-state index contributed by atoms with van der Waals surface area (Å²) in [6.45, 7) is 1.20. The first-order chi connectivity index (χ1) is 10.3. The standard InChI is InChI=1S/C16H14F3NO2/c1-16(22,10-5-3-2-4-6-10)9-20-15(21)14-12(18)7-11(17)8-13(14)19/h2-8,22H,9H2,1H3,(H,20,21). The highest BCUT2D eigenvalue weighted by Gasteiger charge is 2.25. The number of rotatable bonds is 4. The Morgan fingerprint density at radius 1 is 1.14 bits per heavy atom. The Hall–Kier alpha value is -2.34. The third-order valence-electron chi connectivity index (χ3n) is 3.22. The van der Waals surface area contributed by atoms with Crippen molar-refractivity contribution >= 4 is 5.91 Å². The van der Waals surface area contributed by atoms with Crippen LogP contribution < -0.4 is 5.32 Å². The maximum absolute atomic E-state index is 13.5. The smallest absolute Gasteiger partial charge is 0.257 e. The van der Waals surface area contributed by atoms with Crippen molar-refractivity contribution in [3.8, 4) is 0 Å². The average molecular weight is 309 g/mol. The molecule has 1 atom stereocenters. The number of halogens is 3. The minimum Gasteiger partial charge on any atom is -0.384 e. The van der Waals surface area contributed by atoms with Gasteiger partial charge in [0.25, 0.3) is 5.91 Å². The normalized spacial score (nSPS) is 13.5. The van der Waals surface area contributed by atoms with E-state index < -0.39 is 34.5 Å². The van der Waals surface area contributed by atoms with Crippen molar-refractivity contribution in [3.05, 3.63) is 71.0 Å². The lowest BCUT2D eigenvalue weighted by atomic mass is 9.96. The predicted molar refractivity (Wildman–Crippen MR) is 74.7 cm³/mol. The van der Waals surface area contributed by atoms with Gasteiger partial charge in [-0.05, 0) is 12.5 Å². The molecule has 1 unspecified atom stereocenters. The summed E-state index contributed by atoms with van der Waals surface area (Å²) in [5, 5.41) is 12.5. The molecule has 3 nitrogen and oxygen atoms in total. The molecule has 1 amide bonds. The molecule has 0 fully saturated rings. The van der Waals surface area contributed by atoms with Gasteiger partial charge in [-0.3, -0.25) is 4.79 Å². The maximum Gasteiger partial charge on any atom is 0.257 e. The monoisotopic (exact) mass is 309 g/mol. The highest BCUT2D eigenvalue weighted by atomic mass is 19.1. The molecule has 0 spiro atoms. The molecular formula is C16H14F3NO2. The van der Waals surface area contributed by atoms with Gasteiger partial charge in [0.05, 0.1) is 6.54 Å². The van der Waals surface area contributed by atoms with E-state index in [1.165, 1.54) is 6.92 Å². The number of aliphatic hydroxyl groups is 1. The van der Waals surface area contributed by atoms with Crippen molar-refractivity contribution in [1.29, 1.82) is 0 Å². The summed E-state index contributed by atoms with van der Waals surface area (Å²) in [6, 6.07) is 9.36. The first-order valence-corrected chi connectivity index (χ1v) is 6.52. The van der Waals surface area contributed by atoms with Gasteiger partial charge < -0.3 is 10.4 Å². The molecule has 2 N–H and O–H groups in total. The molecule has 0 saturated carbocycles. The third-order valence-corrected chi connectivity index (χ3v) is 3.22. The van der Waals surface area contributed by atoms with Gasteiger partial charge in [-0.25, -0.2) is 13.2 Å². The van der Waals surface area contributed by atoms with E-state index in [9.17, 15) is 23.1 Å². The van der Waals surface area contributed by atoms with Crippen LogP contribution in [0.5, 0.6) is 0 Å². The van der Waals surface area contributed by atoms with Gasteiger partial charge in [0.15, 0.2) is 0 Å². The average Bonchev–Trinajstić information content (AvgIpc) is 2.45. The lowest BCUT2D eigenvalue weighted by Gasteiger charge is -2.24. The summed E-state index contributed by atoms with van der Waals surface area (Å²) in [5.74, 6) is -4.77. The van der Waals surface area contributed by atoms with Gasteiger partial charge >= 0.3 is 0 Å². The zero-order valence-electron chi connectivity index (χ0n) is 11.7. The van der Waals surface area contributed by atoms with Crippen molar-refractivity contribution in [1.82, 2.24) is 5.32 Å². The molecule has 2 aromatic carbocycles. The molecule has 0 aliphatic carbocycles. The second-order valence-corrected chi connectivity index (χ2v) is 5.07. The van der Waals surface area contributed by atoms with Crippen molar-refractivity contribution in [2.45, 2.75) is 12.5 Å². The second-order valence-electron chi connectivity index (χ2n) is 5.07. The van der Waals surface area contributed by atoms with Crippen LogP contribution in [0.15, 0.2) is 42.5 Å². The Kier molecular flexibility index (Phi) is 4.51. The maximum atomic E-state index is 13.5. The van der Waals surface area contributed by atoms with Crippen molar-refractivity contribution in [3.63, 3.8) is 0 Å². The summed E-state index contributed by atoms with van der Waals surface area (Å²) in [5.41, 5.74) is -1.76. The Bertz CT molecular complexity index is 664. The molecule has 2 rings (SSSR count). The second kappa shape index (κ2) is 6.19. The summed E-state index contributed by atoms with van der Waals surface area (Å²) >= 11 is 0. The van der Waals surface area contributed by atoms with Gasteiger partial charge in [0.2, 0.25) is 0 Å². The van der Waals surface area contributed by atoms with Crippen LogP contribution in [0.2, 0.25) is 0 Å². The van der Waals surface area contributed by atoms with Crippen LogP contribution in [-0.4, -0.2) is 17.6 Å². The van der Waals surface area contributed by atoms with Crippen LogP contribution in [0.4, 0.5) is 13.2 Å². The minimum atomic E-state index is -1.41. The molecule has 0 heterocycles. The fourth-order valence-corrected chi connectivity index (χ4v) is 2.00. The fraction of sp³-hybridized carbons (Fsp3) is 0.188. The lowest BCUT2D eigenvalue weighted by molar-refractivity contribution is 0.0524. The van der Waals surface area contributed by atoms with E-state index in [1.54, 1.807) is 30.3 Å².